The highest BCUT2D eigenvalue weighted by Gasteiger charge is 2.38. The number of ether oxygens (including phenoxy) is 1. The summed E-state index contributed by atoms with van der Waals surface area (Å²) in [6.07, 6.45) is 8.18. The van der Waals surface area contributed by atoms with Gasteiger partial charge in [0.25, 0.3) is 5.91 Å². The third-order valence-corrected chi connectivity index (χ3v) is 4.01. The highest BCUT2D eigenvalue weighted by atomic mass is 16.5. The Morgan fingerprint density at radius 2 is 2.21 bits per heavy atom. The third-order valence-electron chi connectivity index (χ3n) is 4.01. The van der Waals surface area contributed by atoms with Gasteiger partial charge in [-0.05, 0) is 14.1 Å². The van der Waals surface area contributed by atoms with E-state index in [2.05, 4.69) is 20.0 Å². The first-order valence-corrected chi connectivity index (χ1v) is 7.88. The van der Waals surface area contributed by atoms with E-state index in [1.807, 2.05) is 32.2 Å². The summed E-state index contributed by atoms with van der Waals surface area (Å²) >= 11 is 0. The second-order valence-corrected chi connectivity index (χ2v) is 6.15. The summed E-state index contributed by atoms with van der Waals surface area (Å²) in [5.74, 6) is -0.135. The van der Waals surface area contributed by atoms with Gasteiger partial charge in [-0.25, -0.2) is 4.98 Å². The third kappa shape index (κ3) is 3.44. The maximum absolute atomic E-state index is 12.9. The number of rotatable bonds is 4. The van der Waals surface area contributed by atoms with E-state index in [4.69, 9.17) is 4.74 Å². The Bertz CT molecular complexity index is 687. The molecule has 1 amide bonds. The molecule has 3 rings (SSSR count). The van der Waals surface area contributed by atoms with Gasteiger partial charge >= 0.3 is 0 Å². The standard InChI is InChI=1S/C16H22N6O2/c1-20(2)11-14-15(12-8-19-21(3)10-12)22(6-7-24-14)16(23)13-9-17-4-5-18-13/h4-5,8-10,14-15H,6-7,11H2,1-3H3/t14-,15-/m0/s1. The van der Waals surface area contributed by atoms with Gasteiger partial charge in [0.2, 0.25) is 0 Å². The number of nitrogens with zero attached hydrogens (tertiary/aromatic N) is 6. The summed E-state index contributed by atoms with van der Waals surface area (Å²) in [6.45, 7) is 1.73. The highest BCUT2D eigenvalue weighted by Crippen LogP contribution is 2.30. The largest absolute Gasteiger partial charge is 0.373 e. The predicted octanol–water partition coefficient (Wildman–Crippen LogP) is 0.354. The number of likely N-dealkylation sites (N-methyl/N-ethyl adjacent to an activating group) is 1. The average molecular weight is 330 g/mol. The van der Waals surface area contributed by atoms with Crippen LogP contribution in [0.25, 0.3) is 0 Å². The molecule has 1 saturated heterocycles. The molecule has 3 heterocycles. The molecule has 0 spiro atoms. The van der Waals surface area contributed by atoms with E-state index in [0.717, 1.165) is 5.56 Å². The molecule has 8 nitrogen and oxygen atoms in total. The van der Waals surface area contributed by atoms with Gasteiger partial charge in [0.15, 0.2) is 0 Å². The summed E-state index contributed by atoms with van der Waals surface area (Å²) in [4.78, 5) is 25.0. The minimum Gasteiger partial charge on any atom is -0.373 e. The van der Waals surface area contributed by atoms with Gasteiger partial charge in [0.05, 0.1) is 31.1 Å². The Morgan fingerprint density at radius 3 is 2.83 bits per heavy atom. The van der Waals surface area contributed by atoms with Gasteiger partial charge in [-0.2, -0.15) is 5.10 Å². The van der Waals surface area contributed by atoms with Crippen LogP contribution in [0.15, 0.2) is 31.0 Å². The second-order valence-electron chi connectivity index (χ2n) is 6.15. The summed E-state index contributed by atoms with van der Waals surface area (Å²) in [5.41, 5.74) is 1.30. The zero-order valence-corrected chi connectivity index (χ0v) is 14.2. The van der Waals surface area contributed by atoms with E-state index in [0.29, 0.717) is 25.4 Å². The van der Waals surface area contributed by atoms with Crippen molar-refractivity contribution >= 4 is 5.91 Å². The fourth-order valence-corrected chi connectivity index (χ4v) is 3.02. The number of aryl methyl sites for hydroxylation is 1. The molecule has 2 aromatic rings. The number of hydrogen-bond acceptors (Lipinski definition) is 6. The van der Waals surface area contributed by atoms with Crippen molar-refractivity contribution < 1.29 is 9.53 Å². The van der Waals surface area contributed by atoms with E-state index in [-0.39, 0.29) is 18.1 Å². The van der Waals surface area contributed by atoms with Crippen molar-refractivity contribution in [3.05, 3.63) is 42.2 Å². The van der Waals surface area contributed by atoms with Gasteiger partial charge in [-0.3, -0.25) is 14.5 Å². The lowest BCUT2D eigenvalue weighted by Gasteiger charge is -2.41. The number of amides is 1. The normalized spacial score (nSPS) is 21.2. The second kappa shape index (κ2) is 7.06. The van der Waals surface area contributed by atoms with Crippen LogP contribution in [0.4, 0.5) is 0 Å². The van der Waals surface area contributed by atoms with Crippen molar-refractivity contribution in [1.82, 2.24) is 29.5 Å². The topological polar surface area (TPSA) is 76.4 Å². The van der Waals surface area contributed by atoms with Crippen LogP contribution in [0, 0.1) is 0 Å². The first kappa shape index (κ1) is 16.5. The van der Waals surface area contributed by atoms with Crippen molar-refractivity contribution in [2.24, 2.45) is 7.05 Å². The molecular weight excluding hydrogens is 308 g/mol. The lowest BCUT2D eigenvalue weighted by molar-refractivity contribution is -0.0686. The summed E-state index contributed by atoms with van der Waals surface area (Å²) < 4.78 is 7.71. The molecule has 0 saturated carbocycles. The Balaban J connectivity index is 1.94. The summed E-state index contributed by atoms with van der Waals surface area (Å²) in [5, 5.41) is 4.25. The molecular formula is C16H22N6O2. The van der Waals surface area contributed by atoms with Crippen LogP contribution in [0.5, 0.6) is 0 Å². The van der Waals surface area contributed by atoms with Crippen LogP contribution in [0.3, 0.4) is 0 Å². The van der Waals surface area contributed by atoms with Crippen molar-refractivity contribution in [2.45, 2.75) is 12.1 Å². The molecule has 2 aromatic heterocycles. The van der Waals surface area contributed by atoms with Gasteiger partial charge in [0.1, 0.15) is 5.69 Å². The van der Waals surface area contributed by atoms with Crippen LogP contribution < -0.4 is 0 Å². The molecule has 0 aromatic carbocycles. The SMILES string of the molecule is CN(C)C[C@@H]1OCCN(C(=O)c2cnccn2)[C@H]1c1cnn(C)c1. The van der Waals surface area contributed by atoms with Crippen LogP contribution >= 0.6 is 0 Å². The zero-order valence-electron chi connectivity index (χ0n) is 14.2. The molecule has 2 atom stereocenters. The van der Waals surface area contributed by atoms with E-state index >= 15 is 0 Å². The number of hydrogen-bond donors (Lipinski definition) is 0. The molecule has 1 aliphatic rings. The van der Waals surface area contributed by atoms with Crippen molar-refractivity contribution in [1.29, 1.82) is 0 Å². The lowest BCUT2D eigenvalue weighted by Crippen LogP contribution is -2.51. The quantitative estimate of drug-likeness (QED) is 0.805. The summed E-state index contributed by atoms with van der Waals surface area (Å²) in [7, 11) is 5.85. The van der Waals surface area contributed by atoms with E-state index in [1.54, 1.807) is 17.1 Å². The maximum atomic E-state index is 12.9. The minimum atomic E-state index is -0.204. The first-order chi connectivity index (χ1) is 11.6. The molecule has 128 valence electrons. The van der Waals surface area contributed by atoms with Crippen molar-refractivity contribution in [3.8, 4) is 0 Å². The Hall–Kier alpha value is -2.32. The fourth-order valence-electron chi connectivity index (χ4n) is 3.02. The number of morpholine rings is 1. The monoisotopic (exact) mass is 330 g/mol. The minimum absolute atomic E-state index is 0.126. The summed E-state index contributed by atoms with van der Waals surface area (Å²) in [6, 6.07) is -0.204. The number of carbonyl (C=O) groups excluding carboxylic acids is 1. The van der Waals surface area contributed by atoms with Crippen molar-refractivity contribution in [2.75, 3.05) is 33.8 Å². The molecule has 8 heteroatoms. The Labute approximate surface area is 141 Å². The molecule has 0 bridgehead atoms. The van der Waals surface area contributed by atoms with Crippen LogP contribution in [-0.2, 0) is 11.8 Å². The fraction of sp³-hybridized carbons (Fsp3) is 0.500. The number of carbonyl (C=O) groups is 1. The van der Waals surface area contributed by atoms with E-state index in [1.165, 1.54) is 12.4 Å². The van der Waals surface area contributed by atoms with Crippen LogP contribution in [0.1, 0.15) is 22.1 Å². The van der Waals surface area contributed by atoms with Crippen molar-refractivity contribution in [3.63, 3.8) is 0 Å². The molecule has 0 radical (unpaired) electrons. The van der Waals surface area contributed by atoms with Gasteiger partial charge in [-0.1, -0.05) is 0 Å². The van der Waals surface area contributed by atoms with Gasteiger partial charge in [-0.15, -0.1) is 0 Å². The average Bonchev–Trinajstić information content (AvgIpc) is 3.00. The molecule has 24 heavy (non-hydrogen) atoms. The zero-order chi connectivity index (χ0) is 17.1. The van der Waals surface area contributed by atoms with E-state index in [9.17, 15) is 4.79 Å². The van der Waals surface area contributed by atoms with Crippen LogP contribution in [0.2, 0.25) is 0 Å². The molecule has 1 aliphatic heterocycles. The maximum Gasteiger partial charge on any atom is 0.274 e. The highest BCUT2D eigenvalue weighted by molar-refractivity contribution is 5.92. The van der Waals surface area contributed by atoms with Gasteiger partial charge < -0.3 is 14.5 Å². The Morgan fingerprint density at radius 1 is 1.38 bits per heavy atom. The smallest absolute Gasteiger partial charge is 0.274 e. The Kier molecular flexibility index (Phi) is 4.86. The predicted molar refractivity (Wildman–Crippen MR) is 87.3 cm³/mol. The molecule has 0 aliphatic carbocycles. The number of aromatic nitrogens is 4. The van der Waals surface area contributed by atoms with E-state index < -0.39 is 0 Å². The molecule has 0 N–H and O–H groups in total. The molecule has 1 fully saturated rings. The molecule has 0 unspecified atom stereocenters. The first-order valence-electron chi connectivity index (χ1n) is 7.88. The van der Waals surface area contributed by atoms with Gasteiger partial charge in [0, 0.05) is 44.3 Å². The lowest BCUT2D eigenvalue weighted by atomic mass is 10.00. The van der Waals surface area contributed by atoms with Crippen LogP contribution in [-0.4, -0.2) is 75.4 Å².